The number of fused-ring (bicyclic) bond motifs is 1. The molecule has 5 nitrogen and oxygen atoms in total. The zero-order valence-corrected chi connectivity index (χ0v) is 17.9. The van der Waals surface area contributed by atoms with Gasteiger partial charge in [-0.2, -0.15) is 0 Å². The molecule has 2 unspecified atom stereocenters. The highest BCUT2D eigenvalue weighted by Crippen LogP contribution is 2.29. The second-order valence-corrected chi connectivity index (χ2v) is 8.78. The molecule has 1 saturated heterocycles. The van der Waals surface area contributed by atoms with Gasteiger partial charge in [-0.1, -0.05) is 36.4 Å². The first-order valence-electron chi connectivity index (χ1n) is 11.6. The highest BCUT2D eigenvalue weighted by molar-refractivity contribution is 5.25. The largest absolute Gasteiger partial charge is 0.372 e. The predicted octanol–water partition coefficient (Wildman–Crippen LogP) is 3.49. The fourth-order valence-corrected chi connectivity index (χ4v) is 4.91. The third kappa shape index (κ3) is 5.88. The summed E-state index contributed by atoms with van der Waals surface area (Å²) < 4.78 is 6.17. The van der Waals surface area contributed by atoms with Gasteiger partial charge in [0.2, 0.25) is 0 Å². The lowest BCUT2D eigenvalue weighted by atomic mass is 9.90. The maximum Gasteiger partial charge on any atom is 0.0721 e. The lowest BCUT2D eigenvalue weighted by Gasteiger charge is -2.31. The first-order valence-corrected chi connectivity index (χ1v) is 11.6. The van der Waals surface area contributed by atoms with Crippen molar-refractivity contribution in [1.82, 2.24) is 15.6 Å². The molecule has 4 rings (SSSR count). The minimum Gasteiger partial charge on any atom is -0.372 e. The topological polar surface area (TPSA) is 72.2 Å². The number of nitrogens with one attached hydrogen (secondary N) is 2. The average Bonchev–Trinajstić information content (AvgIpc) is 3.24. The van der Waals surface area contributed by atoms with Crippen LogP contribution in [0.2, 0.25) is 0 Å². The van der Waals surface area contributed by atoms with E-state index in [0.29, 0.717) is 30.8 Å². The molecule has 4 atom stereocenters. The van der Waals surface area contributed by atoms with Gasteiger partial charge in [0.25, 0.3) is 0 Å². The summed E-state index contributed by atoms with van der Waals surface area (Å²) in [6, 6.07) is 16.1. The second kappa shape index (κ2) is 11.0. The zero-order chi connectivity index (χ0) is 20.6. The van der Waals surface area contributed by atoms with Crippen molar-refractivity contribution >= 4 is 0 Å². The van der Waals surface area contributed by atoms with Gasteiger partial charge in [-0.3, -0.25) is 4.98 Å². The van der Waals surface area contributed by atoms with E-state index < -0.39 is 0 Å². The van der Waals surface area contributed by atoms with Gasteiger partial charge in [0.1, 0.15) is 0 Å². The summed E-state index contributed by atoms with van der Waals surface area (Å²) in [7, 11) is 0. The lowest BCUT2D eigenvalue weighted by molar-refractivity contribution is 0.0521. The molecule has 0 amide bonds. The van der Waals surface area contributed by atoms with E-state index in [1.165, 1.54) is 29.7 Å². The van der Waals surface area contributed by atoms with Crippen molar-refractivity contribution in [2.75, 3.05) is 13.1 Å². The van der Waals surface area contributed by atoms with Crippen LogP contribution in [-0.2, 0) is 17.8 Å². The number of rotatable bonds is 10. The monoisotopic (exact) mass is 408 g/mol. The summed E-state index contributed by atoms with van der Waals surface area (Å²) in [4.78, 5) is 4.71. The Bertz CT molecular complexity index is 769. The van der Waals surface area contributed by atoms with Crippen molar-refractivity contribution in [1.29, 1.82) is 0 Å². The van der Waals surface area contributed by atoms with E-state index in [1.807, 2.05) is 12.3 Å². The van der Waals surface area contributed by atoms with Crippen molar-refractivity contribution in [2.45, 2.75) is 75.8 Å². The standard InChI is InChI=1S/C25H36N4O/c26-13-5-11-21(29-24-12-4-9-20-10-6-14-27-25(20)24)15-22-16-23(17-28-22)30-18-19-7-2-1-3-8-19/h1-3,6-8,10,14,21-24,28-29H,4-5,9,11-13,15-18,26H2/t21?,22-,23?,24+/m1/s1. The molecule has 2 heterocycles. The highest BCUT2D eigenvalue weighted by Gasteiger charge is 2.29. The van der Waals surface area contributed by atoms with Gasteiger partial charge < -0.3 is 21.1 Å². The average molecular weight is 409 g/mol. The molecule has 30 heavy (non-hydrogen) atoms. The van der Waals surface area contributed by atoms with E-state index in [-0.39, 0.29) is 0 Å². The van der Waals surface area contributed by atoms with Crippen LogP contribution in [0.5, 0.6) is 0 Å². The lowest BCUT2D eigenvalue weighted by Crippen LogP contribution is -2.39. The minimum absolute atomic E-state index is 0.294. The Kier molecular flexibility index (Phi) is 7.87. The summed E-state index contributed by atoms with van der Waals surface area (Å²) in [5.41, 5.74) is 9.74. The number of nitrogens with zero attached hydrogens (tertiary/aromatic N) is 1. The molecule has 1 aromatic heterocycles. The van der Waals surface area contributed by atoms with E-state index in [0.717, 1.165) is 45.2 Å². The molecule has 0 spiro atoms. The molecule has 4 N–H and O–H groups in total. The third-order valence-electron chi connectivity index (χ3n) is 6.47. The molecule has 5 heteroatoms. The molecule has 0 radical (unpaired) electrons. The summed E-state index contributed by atoms with van der Waals surface area (Å²) in [6.45, 7) is 2.38. The Balaban J connectivity index is 1.30. The van der Waals surface area contributed by atoms with Crippen LogP contribution in [0.15, 0.2) is 48.7 Å². The molecule has 1 aliphatic heterocycles. The first kappa shape index (κ1) is 21.4. The normalized spacial score (nSPS) is 24.5. The van der Waals surface area contributed by atoms with E-state index in [9.17, 15) is 0 Å². The van der Waals surface area contributed by atoms with Gasteiger partial charge in [-0.25, -0.2) is 0 Å². The van der Waals surface area contributed by atoms with Crippen LogP contribution in [0.4, 0.5) is 0 Å². The van der Waals surface area contributed by atoms with Crippen LogP contribution < -0.4 is 16.4 Å². The molecule has 0 bridgehead atoms. The van der Waals surface area contributed by atoms with E-state index in [4.69, 9.17) is 15.5 Å². The Labute approximate surface area is 180 Å². The zero-order valence-electron chi connectivity index (χ0n) is 17.9. The van der Waals surface area contributed by atoms with Crippen LogP contribution in [0.3, 0.4) is 0 Å². The van der Waals surface area contributed by atoms with Crippen LogP contribution >= 0.6 is 0 Å². The molecule has 162 valence electrons. The van der Waals surface area contributed by atoms with Crippen LogP contribution in [-0.4, -0.2) is 36.3 Å². The summed E-state index contributed by atoms with van der Waals surface area (Å²) in [5, 5.41) is 7.64. The quantitative estimate of drug-likeness (QED) is 0.561. The van der Waals surface area contributed by atoms with Gasteiger partial charge in [0, 0.05) is 30.9 Å². The third-order valence-corrected chi connectivity index (χ3v) is 6.47. The Hall–Kier alpha value is -1.79. The fourth-order valence-electron chi connectivity index (χ4n) is 4.91. The second-order valence-electron chi connectivity index (χ2n) is 8.78. The van der Waals surface area contributed by atoms with E-state index in [2.05, 4.69) is 47.0 Å². The summed E-state index contributed by atoms with van der Waals surface area (Å²) >= 11 is 0. The maximum atomic E-state index is 6.17. The molecular weight excluding hydrogens is 372 g/mol. The highest BCUT2D eigenvalue weighted by atomic mass is 16.5. The van der Waals surface area contributed by atoms with Crippen LogP contribution in [0.1, 0.15) is 61.4 Å². The van der Waals surface area contributed by atoms with Crippen molar-refractivity contribution in [3.63, 3.8) is 0 Å². The van der Waals surface area contributed by atoms with E-state index in [1.54, 1.807) is 0 Å². The van der Waals surface area contributed by atoms with Gasteiger partial charge >= 0.3 is 0 Å². The number of aromatic nitrogens is 1. The van der Waals surface area contributed by atoms with Crippen molar-refractivity contribution < 1.29 is 4.74 Å². The smallest absolute Gasteiger partial charge is 0.0721 e. The van der Waals surface area contributed by atoms with Crippen molar-refractivity contribution in [2.24, 2.45) is 5.73 Å². The van der Waals surface area contributed by atoms with Crippen molar-refractivity contribution in [3.8, 4) is 0 Å². The number of ether oxygens (including phenoxy) is 1. The molecular formula is C25H36N4O. The number of aryl methyl sites for hydroxylation is 1. The number of pyridine rings is 1. The number of hydrogen-bond acceptors (Lipinski definition) is 5. The Morgan fingerprint density at radius 3 is 2.97 bits per heavy atom. The van der Waals surface area contributed by atoms with Gasteiger partial charge in [0.05, 0.1) is 18.4 Å². The number of hydrogen-bond donors (Lipinski definition) is 3. The van der Waals surface area contributed by atoms with Gasteiger partial charge in [-0.15, -0.1) is 0 Å². The van der Waals surface area contributed by atoms with E-state index >= 15 is 0 Å². The molecule has 1 aromatic carbocycles. The summed E-state index contributed by atoms with van der Waals surface area (Å²) in [6.07, 6.45) is 10.1. The molecule has 1 fully saturated rings. The molecule has 2 aliphatic rings. The van der Waals surface area contributed by atoms with Crippen LogP contribution in [0, 0.1) is 0 Å². The number of benzene rings is 1. The van der Waals surface area contributed by atoms with Crippen LogP contribution in [0.25, 0.3) is 0 Å². The Morgan fingerprint density at radius 1 is 1.20 bits per heavy atom. The SMILES string of the molecule is NCCCC(C[C@@H]1CC(OCc2ccccc2)CN1)N[C@H]1CCCc2cccnc21. The molecule has 1 aliphatic carbocycles. The number of nitrogens with two attached hydrogens (primary N) is 1. The molecule has 2 aromatic rings. The molecule has 0 saturated carbocycles. The van der Waals surface area contributed by atoms with Crippen molar-refractivity contribution in [3.05, 3.63) is 65.5 Å². The minimum atomic E-state index is 0.294. The fraction of sp³-hybridized carbons (Fsp3) is 0.560. The van der Waals surface area contributed by atoms with Gasteiger partial charge in [-0.05, 0) is 68.7 Å². The maximum absolute atomic E-state index is 6.17. The first-order chi connectivity index (χ1) is 14.8. The Morgan fingerprint density at radius 2 is 2.10 bits per heavy atom. The predicted molar refractivity (Wildman–Crippen MR) is 121 cm³/mol. The van der Waals surface area contributed by atoms with Gasteiger partial charge in [0.15, 0.2) is 0 Å². The summed E-state index contributed by atoms with van der Waals surface area (Å²) in [5.74, 6) is 0.